The van der Waals surface area contributed by atoms with Gasteiger partial charge in [0.25, 0.3) is 0 Å². The van der Waals surface area contributed by atoms with E-state index in [1.165, 1.54) is 0 Å². The van der Waals surface area contributed by atoms with E-state index in [0.717, 1.165) is 10.0 Å². The Kier molecular flexibility index (Phi) is 3.28. The van der Waals surface area contributed by atoms with Crippen molar-refractivity contribution >= 4 is 0 Å². The van der Waals surface area contributed by atoms with Crippen LogP contribution in [-0.2, 0) is 0 Å². The van der Waals surface area contributed by atoms with Crippen molar-refractivity contribution in [2.75, 3.05) is 20.0 Å². The molecule has 9 heteroatoms. The molecule has 9 nitrogen and oxygen atoms in total. The van der Waals surface area contributed by atoms with Gasteiger partial charge in [-0.05, 0) is 0 Å². The van der Waals surface area contributed by atoms with Crippen LogP contribution in [0.15, 0.2) is 0 Å². The molecule has 1 aliphatic heterocycles. The van der Waals surface area contributed by atoms with E-state index in [-0.39, 0.29) is 20.0 Å². The molecule has 0 atom stereocenters. The minimum Gasteiger partial charge on any atom is -0.748 e. The Bertz CT molecular complexity index is 129. The number of hydrazine groups is 2. The second kappa shape index (κ2) is 4.04. The average Bonchev–Trinajstić information content (AvgIpc) is 2.04. The third kappa shape index (κ3) is 2.31. The van der Waals surface area contributed by atoms with Crippen molar-refractivity contribution in [3.8, 4) is 0 Å². The molecule has 0 radical (unpaired) electrons. The van der Waals surface area contributed by atoms with E-state index in [4.69, 9.17) is 10.4 Å². The zero-order chi connectivity index (χ0) is 9.14. The lowest BCUT2D eigenvalue weighted by Gasteiger charge is -2.45. The van der Waals surface area contributed by atoms with Crippen LogP contribution in [-0.4, -0.2) is 51.1 Å². The second-order valence-electron chi connectivity index (χ2n) is 2.23. The fourth-order valence-corrected chi connectivity index (χ4v) is 0.826. The lowest BCUT2D eigenvalue weighted by Crippen LogP contribution is -2.59. The van der Waals surface area contributed by atoms with Crippen molar-refractivity contribution in [2.45, 2.75) is 0 Å². The minimum absolute atomic E-state index is 0.115. The Morgan fingerprint density at radius 3 is 1.83 bits per heavy atom. The molecule has 1 rings (SSSR count). The van der Waals surface area contributed by atoms with Crippen molar-refractivity contribution in [1.29, 1.82) is 0 Å². The highest BCUT2D eigenvalue weighted by Crippen LogP contribution is 2.01. The maximum absolute atomic E-state index is 10.3. The van der Waals surface area contributed by atoms with Crippen LogP contribution in [0.5, 0.6) is 0 Å². The maximum Gasteiger partial charge on any atom is 0.0839 e. The van der Waals surface area contributed by atoms with Crippen LogP contribution in [0.3, 0.4) is 0 Å². The van der Waals surface area contributed by atoms with Gasteiger partial charge in [0.2, 0.25) is 0 Å². The first-order valence-electron chi connectivity index (χ1n) is 3.14. The van der Waals surface area contributed by atoms with E-state index in [1.807, 2.05) is 0 Å². The molecular formula is C3H9N5O4-2. The van der Waals surface area contributed by atoms with E-state index in [2.05, 4.69) is 5.32 Å². The van der Waals surface area contributed by atoms with Crippen LogP contribution < -0.4 is 5.32 Å². The van der Waals surface area contributed by atoms with Crippen LogP contribution in [0.2, 0.25) is 0 Å². The molecule has 0 saturated carbocycles. The lowest BCUT2D eigenvalue weighted by atomic mass is 10.7. The number of hydrogen-bond acceptors (Lipinski definition) is 9. The highest BCUT2D eigenvalue weighted by Gasteiger charge is 2.17. The zero-order valence-corrected chi connectivity index (χ0v) is 6.12. The zero-order valence-electron chi connectivity index (χ0n) is 6.12. The predicted octanol–water partition coefficient (Wildman–Crippen LogP) is -1.73. The van der Waals surface area contributed by atoms with Gasteiger partial charge in [-0.1, -0.05) is 0 Å². The fraction of sp³-hybridized carbons (Fsp3) is 1.00. The summed E-state index contributed by atoms with van der Waals surface area (Å²) in [6.07, 6.45) is 0. The van der Waals surface area contributed by atoms with Crippen LogP contribution in [0, 0.1) is 10.4 Å². The Balaban J connectivity index is 2.40. The highest BCUT2D eigenvalue weighted by molar-refractivity contribution is 4.58. The number of nitrogens with zero attached hydrogens (tertiary/aromatic N) is 4. The van der Waals surface area contributed by atoms with Gasteiger partial charge in [-0.2, -0.15) is 10.7 Å². The van der Waals surface area contributed by atoms with E-state index >= 15 is 0 Å². The molecule has 1 fully saturated rings. The molecule has 0 aromatic heterocycles. The van der Waals surface area contributed by atoms with Gasteiger partial charge in [-0.3, -0.25) is 5.32 Å². The summed E-state index contributed by atoms with van der Waals surface area (Å²) in [4.78, 5) is 0. The molecule has 0 aliphatic carbocycles. The molecule has 1 heterocycles. The molecule has 72 valence electrons. The van der Waals surface area contributed by atoms with Crippen molar-refractivity contribution in [1.82, 2.24) is 26.0 Å². The summed E-state index contributed by atoms with van der Waals surface area (Å²) in [6, 6.07) is 0. The third-order valence-corrected chi connectivity index (χ3v) is 1.40. The van der Waals surface area contributed by atoms with Crippen molar-refractivity contribution in [2.24, 2.45) is 0 Å². The van der Waals surface area contributed by atoms with Crippen molar-refractivity contribution in [3.63, 3.8) is 0 Å². The van der Waals surface area contributed by atoms with Gasteiger partial charge in [0.1, 0.15) is 0 Å². The molecule has 0 spiro atoms. The topological polar surface area (TPSA) is 112 Å². The van der Waals surface area contributed by atoms with Crippen molar-refractivity contribution < 1.29 is 10.4 Å². The van der Waals surface area contributed by atoms with Crippen LogP contribution >= 0.6 is 0 Å². The summed E-state index contributed by atoms with van der Waals surface area (Å²) in [7, 11) is 0. The van der Waals surface area contributed by atoms with Gasteiger partial charge in [0.15, 0.2) is 0 Å². The lowest BCUT2D eigenvalue weighted by molar-refractivity contribution is -0.295. The summed E-state index contributed by atoms with van der Waals surface area (Å²) in [5, 5.41) is 40.9. The summed E-state index contributed by atoms with van der Waals surface area (Å²) in [5.74, 6) is 0. The molecule has 3 N–H and O–H groups in total. The molecule has 1 saturated heterocycles. The van der Waals surface area contributed by atoms with Crippen molar-refractivity contribution in [3.05, 3.63) is 10.4 Å². The fourth-order valence-electron chi connectivity index (χ4n) is 0.826. The Hall–Kier alpha value is -0.360. The summed E-state index contributed by atoms with van der Waals surface area (Å²) in [5.41, 5.74) is 0. The van der Waals surface area contributed by atoms with E-state index in [9.17, 15) is 10.4 Å². The first-order chi connectivity index (χ1) is 5.61. The van der Waals surface area contributed by atoms with E-state index < -0.39 is 10.7 Å². The quantitative estimate of drug-likeness (QED) is 0.426. The molecule has 0 bridgehead atoms. The standard InChI is InChI=1S/C3H9N5O4/c9-7(10)5-1-4-2-6(3-5)8(11)12/h4,9,11H,1-3H2/q-2. The van der Waals surface area contributed by atoms with Crippen LogP contribution in [0.1, 0.15) is 0 Å². The molecule has 0 aromatic rings. The number of nitrogens with one attached hydrogen (secondary N) is 1. The van der Waals surface area contributed by atoms with Gasteiger partial charge in [-0.15, -0.1) is 0 Å². The van der Waals surface area contributed by atoms with Gasteiger partial charge < -0.3 is 20.8 Å². The average molecular weight is 179 g/mol. The molecule has 0 aromatic carbocycles. The molecule has 0 unspecified atom stereocenters. The van der Waals surface area contributed by atoms with Gasteiger partial charge in [-0.25, -0.2) is 10.0 Å². The summed E-state index contributed by atoms with van der Waals surface area (Å²) in [6.45, 7) is 0.0572. The van der Waals surface area contributed by atoms with Gasteiger partial charge in [0, 0.05) is 0 Å². The molecule has 12 heavy (non-hydrogen) atoms. The number of rotatable bonds is 2. The molecule has 0 amide bonds. The van der Waals surface area contributed by atoms with Crippen LogP contribution in [0.25, 0.3) is 0 Å². The molecular weight excluding hydrogens is 170 g/mol. The maximum atomic E-state index is 10.3. The van der Waals surface area contributed by atoms with E-state index in [0.29, 0.717) is 0 Å². The summed E-state index contributed by atoms with van der Waals surface area (Å²) >= 11 is 0. The monoisotopic (exact) mass is 179 g/mol. The minimum atomic E-state index is -0.400. The highest BCUT2D eigenvalue weighted by atomic mass is 16.8. The normalized spacial score (nSPS) is 22.5. The van der Waals surface area contributed by atoms with Gasteiger partial charge >= 0.3 is 0 Å². The SMILES string of the molecule is [O-]N(O)N1CNCN(N([O-])O)C1. The summed E-state index contributed by atoms with van der Waals surface area (Å²) < 4.78 is 0. The first-order valence-corrected chi connectivity index (χ1v) is 3.14. The smallest absolute Gasteiger partial charge is 0.0839 e. The number of hydrogen-bond donors (Lipinski definition) is 3. The van der Waals surface area contributed by atoms with Gasteiger partial charge in [0.05, 0.1) is 20.0 Å². The Morgan fingerprint density at radius 2 is 1.50 bits per heavy atom. The largest absolute Gasteiger partial charge is 0.748 e. The Morgan fingerprint density at radius 1 is 1.08 bits per heavy atom. The molecule has 1 aliphatic rings. The predicted molar refractivity (Wildman–Crippen MR) is 35.4 cm³/mol. The van der Waals surface area contributed by atoms with E-state index in [1.54, 1.807) is 0 Å². The Labute approximate surface area is 68.0 Å². The first kappa shape index (κ1) is 9.73. The van der Waals surface area contributed by atoms with Crippen LogP contribution in [0.4, 0.5) is 0 Å². The second-order valence-corrected chi connectivity index (χ2v) is 2.23. The third-order valence-electron chi connectivity index (χ3n) is 1.40.